The highest BCUT2D eigenvalue weighted by molar-refractivity contribution is 6.33. The number of halogens is 1. The maximum absolute atomic E-state index is 6.00. The first kappa shape index (κ1) is 13.3. The van der Waals surface area contributed by atoms with Crippen molar-refractivity contribution in [3.63, 3.8) is 0 Å². The van der Waals surface area contributed by atoms with Crippen molar-refractivity contribution in [1.82, 2.24) is 4.90 Å². The maximum Gasteiger partial charge on any atom is 0.0635 e. The molecule has 1 heterocycles. The molecule has 3 rings (SSSR count). The number of hydrogen-bond acceptors (Lipinski definition) is 2. The zero-order chi connectivity index (χ0) is 13.2. The Labute approximate surface area is 120 Å². The van der Waals surface area contributed by atoms with Crippen LogP contribution in [0, 0.1) is 5.92 Å². The lowest BCUT2D eigenvalue weighted by atomic mass is 9.78. The van der Waals surface area contributed by atoms with Crippen LogP contribution in [0.15, 0.2) is 18.2 Å². The lowest BCUT2D eigenvalue weighted by Gasteiger charge is -2.44. The van der Waals surface area contributed by atoms with E-state index in [0.717, 1.165) is 18.5 Å². The van der Waals surface area contributed by atoms with E-state index in [1.54, 1.807) is 0 Å². The Morgan fingerprint density at radius 2 is 1.95 bits per heavy atom. The van der Waals surface area contributed by atoms with Gasteiger partial charge in [-0.1, -0.05) is 30.5 Å². The lowest BCUT2D eigenvalue weighted by molar-refractivity contribution is 0.0547. The van der Waals surface area contributed by atoms with Gasteiger partial charge in [0, 0.05) is 12.6 Å². The van der Waals surface area contributed by atoms with Crippen molar-refractivity contribution in [2.24, 2.45) is 5.92 Å². The van der Waals surface area contributed by atoms with Crippen LogP contribution < -0.4 is 5.73 Å². The molecule has 2 fully saturated rings. The highest BCUT2D eigenvalue weighted by Crippen LogP contribution is 2.36. The van der Waals surface area contributed by atoms with Crippen LogP contribution in [0.1, 0.15) is 44.1 Å². The third-order valence-electron chi connectivity index (χ3n) is 4.80. The molecule has 1 aliphatic heterocycles. The molecule has 0 unspecified atom stereocenters. The summed E-state index contributed by atoms with van der Waals surface area (Å²) in [7, 11) is 0. The second kappa shape index (κ2) is 5.72. The maximum atomic E-state index is 6.00. The zero-order valence-electron chi connectivity index (χ0n) is 11.4. The molecular formula is C16H23ClN2. The molecule has 0 amide bonds. The van der Waals surface area contributed by atoms with E-state index in [1.807, 2.05) is 12.1 Å². The summed E-state index contributed by atoms with van der Waals surface area (Å²) in [6.07, 6.45) is 8.44. The van der Waals surface area contributed by atoms with Gasteiger partial charge in [0.1, 0.15) is 0 Å². The first-order valence-corrected chi connectivity index (χ1v) is 7.90. The molecule has 19 heavy (non-hydrogen) atoms. The monoisotopic (exact) mass is 278 g/mol. The molecule has 0 bridgehead atoms. The number of piperidine rings is 1. The highest BCUT2D eigenvalue weighted by Gasteiger charge is 2.32. The van der Waals surface area contributed by atoms with Crippen molar-refractivity contribution in [2.75, 3.05) is 12.3 Å². The summed E-state index contributed by atoms with van der Waals surface area (Å²) in [6.45, 7) is 2.27. The summed E-state index contributed by atoms with van der Waals surface area (Å²) in [5.74, 6) is 0.937. The number of fused-ring (bicyclic) bond motifs is 1. The standard InChI is InChI=1S/C16H23ClN2/c17-14-8-7-12(10-15(14)18)11-19-9-3-5-13-4-1-2-6-16(13)19/h7-8,10,13,16H,1-6,9,11,18H2/t13-,16-/m1/s1. The third kappa shape index (κ3) is 2.90. The molecule has 0 spiro atoms. The van der Waals surface area contributed by atoms with E-state index < -0.39 is 0 Å². The number of nitrogens with two attached hydrogens (primary N) is 1. The minimum absolute atomic E-state index is 0.665. The van der Waals surface area contributed by atoms with Gasteiger partial charge in [0.15, 0.2) is 0 Å². The van der Waals surface area contributed by atoms with Crippen LogP contribution in [-0.2, 0) is 6.54 Å². The molecule has 1 saturated carbocycles. The van der Waals surface area contributed by atoms with E-state index in [0.29, 0.717) is 10.7 Å². The number of anilines is 1. The van der Waals surface area contributed by atoms with Crippen molar-refractivity contribution in [1.29, 1.82) is 0 Å². The first-order valence-electron chi connectivity index (χ1n) is 7.52. The van der Waals surface area contributed by atoms with Gasteiger partial charge in [-0.15, -0.1) is 0 Å². The topological polar surface area (TPSA) is 29.3 Å². The van der Waals surface area contributed by atoms with Crippen LogP contribution >= 0.6 is 11.6 Å². The molecule has 1 aliphatic carbocycles. The smallest absolute Gasteiger partial charge is 0.0635 e. The van der Waals surface area contributed by atoms with Crippen molar-refractivity contribution in [2.45, 2.75) is 51.1 Å². The van der Waals surface area contributed by atoms with Gasteiger partial charge < -0.3 is 5.73 Å². The SMILES string of the molecule is Nc1cc(CN2CCC[C@H]3CCCC[C@H]32)ccc1Cl. The van der Waals surface area contributed by atoms with Gasteiger partial charge in [-0.2, -0.15) is 0 Å². The molecule has 1 aromatic rings. The van der Waals surface area contributed by atoms with Crippen molar-refractivity contribution in [3.05, 3.63) is 28.8 Å². The molecule has 2 nitrogen and oxygen atoms in total. The van der Waals surface area contributed by atoms with Crippen LogP contribution in [0.25, 0.3) is 0 Å². The fourth-order valence-electron chi connectivity index (χ4n) is 3.85. The first-order chi connectivity index (χ1) is 9.24. The summed E-state index contributed by atoms with van der Waals surface area (Å²) in [6, 6.07) is 6.88. The Hall–Kier alpha value is -0.730. The van der Waals surface area contributed by atoms with Crippen LogP contribution in [0.5, 0.6) is 0 Å². The van der Waals surface area contributed by atoms with Crippen molar-refractivity contribution >= 4 is 17.3 Å². The normalized spacial score (nSPS) is 28.1. The van der Waals surface area contributed by atoms with Crippen LogP contribution in [0.4, 0.5) is 5.69 Å². The molecule has 1 aromatic carbocycles. The second-order valence-electron chi connectivity index (χ2n) is 6.08. The van der Waals surface area contributed by atoms with Gasteiger partial charge in [0.05, 0.1) is 10.7 Å². The van der Waals surface area contributed by atoms with Gasteiger partial charge >= 0.3 is 0 Å². The third-order valence-corrected chi connectivity index (χ3v) is 5.15. The van der Waals surface area contributed by atoms with E-state index in [1.165, 1.54) is 50.6 Å². The number of nitrogens with zero attached hydrogens (tertiary/aromatic N) is 1. The van der Waals surface area contributed by atoms with Gasteiger partial charge in [0.2, 0.25) is 0 Å². The van der Waals surface area contributed by atoms with Gasteiger partial charge in [0.25, 0.3) is 0 Å². The molecule has 2 N–H and O–H groups in total. The Morgan fingerprint density at radius 3 is 2.79 bits per heavy atom. The number of rotatable bonds is 2. The number of likely N-dealkylation sites (tertiary alicyclic amines) is 1. The minimum Gasteiger partial charge on any atom is -0.398 e. The van der Waals surface area contributed by atoms with Gasteiger partial charge in [-0.3, -0.25) is 4.90 Å². The van der Waals surface area contributed by atoms with Crippen LogP contribution in [0.3, 0.4) is 0 Å². The molecule has 1 saturated heterocycles. The molecular weight excluding hydrogens is 256 g/mol. The highest BCUT2D eigenvalue weighted by atomic mass is 35.5. The van der Waals surface area contributed by atoms with E-state index in [-0.39, 0.29) is 0 Å². The summed E-state index contributed by atoms with van der Waals surface area (Å²) in [5, 5.41) is 0.665. The van der Waals surface area contributed by atoms with Gasteiger partial charge in [-0.05, 0) is 55.8 Å². The van der Waals surface area contributed by atoms with E-state index >= 15 is 0 Å². The molecule has 3 heteroatoms. The molecule has 2 aliphatic rings. The van der Waals surface area contributed by atoms with Gasteiger partial charge in [-0.25, -0.2) is 0 Å². The van der Waals surface area contributed by atoms with E-state index in [9.17, 15) is 0 Å². The molecule has 0 aromatic heterocycles. The molecule has 0 radical (unpaired) electrons. The average molecular weight is 279 g/mol. The summed E-state index contributed by atoms with van der Waals surface area (Å²) < 4.78 is 0. The van der Waals surface area contributed by atoms with Crippen LogP contribution in [-0.4, -0.2) is 17.5 Å². The largest absolute Gasteiger partial charge is 0.398 e. The summed E-state index contributed by atoms with van der Waals surface area (Å²) >= 11 is 6.00. The minimum atomic E-state index is 0.665. The van der Waals surface area contributed by atoms with E-state index in [2.05, 4.69) is 11.0 Å². The fourth-order valence-corrected chi connectivity index (χ4v) is 3.97. The Bertz CT molecular complexity index is 444. The van der Waals surface area contributed by atoms with Crippen LogP contribution in [0.2, 0.25) is 5.02 Å². The zero-order valence-corrected chi connectivity index (χ0v) is 12.2. The fraction of sp³-hybridized carbons (Fsp3) is 0.625. The second-order valence-corrected chi connectivity index (χ2v) is 6.49. The van der Waals surface area contributed by atoms with Crippen molar-refractivity contribution < 1.29 is 0 Å². The quantitative estimate of drug-likeness (QED) is 0.826. The average Bonchev–Trinajstić information content (AvgIpc) is 2.43. The Kier molecular flexibility index (Phi) is 3.99. The number of benzene rings is 1. The predicted molar refractivity (Wildman–Crippen MR) is 81.3 cm³/mol. The lowest BCUT2D eigenvalue weighted by Crippen LogP contribution is -2.46. The van der Waals surface area contributed by atoms with E-state index in [4.69, 9.17) is 17.3 Å². The Morgan fingerprint density at radius 1 is 1.16 bits per heavy atom. The molecule has 2 atom stereocenters. The van der Waals surface area contributed by atoms with Crippen molar-refractivity contribution in [3.8, 4) is 0 Å². The summed E-state index contributed by atoms with van der Waals surface area (Å²) in [4.78, 5) is 2.68. The summed E-state index contributed by atoms with van der Waals surface area (Å²) in [5.41, 5.74) is 7.91. The Balaban J connectivity index is 1.72. The predicted octanol–water partition coefficient (Wildman–Crippen LogP) is 4.08. The number of nitrogen functional groups attached to an aromatic ring is 1. The molecule has 104 valence electrons. The number of hydrogen-bond donors (Lipinski definition) is 1.